The number of ether oxygens (including phenoxy) is 1. The number of carbonyl (C=O) groups excluding carboxylic acids is 1. The average Bonchev–Trinajstić information content (AvgIpc) is 3.42. The van der Waals surface area contributed by atoms with E-state index >= 15 is 0 Å². The Bertz CT molecular complexity index is 1150. The van der Waals surface area contributed by atoms with Gasteiger partial charge in [-0.05, 0) is 42.3 Å². The van der Waals surface area contributed by atoms with Gasteiger partial charge < -0.3 is 9.15 Å². The van der Waals surface area contributed by atoms with Crippen molar-refractivity contribution < 1.29 is 13.9 Å². The molecule has 0 saturated heterocycles. The van der Waals surface area contributed by atoms with Crippen LogP contribution in [0.15, 0.2) is 71.4 Å². The number of amides is 1. The van der Waals surface area contributed by atoms with Crippen LogP contribution in [0, 0.1) is 6.92 Å². The van der Waals surface area contributed by atoms with Crippen LogP contribution in [0.4, 0.5) is 5.13 Å². The maximum Gasteiger partial charge on any atom is 0.253 e. The molecule has 0 radical (unpaired) electrons. The number of aromatic nitrogens is 1. The average molecular weight is 404 g/mol. The van der Waals surface area contributed by atoms with Gasteiger partial charge in [0, 0.05) is 6.08 Å². The Morgan fingerprint density at radius 1 is 1.17 bits per heavy atom. The number of nitrogens with zero attached hydrogens (tertiary/aromatic N) is 2. The number of benzene rings is 2. The van der Waals surface area contributed by atoms with Gasteiger partial charge in [0.25, 0.3) is 5.91 Å². The molecule has 29 heavy (non-hydrogen) atoms. The van der Waals surface area contributed by atoms with E-state index in [1.807, 2.05) is 61.5 Å². The van der Waals surface area contributed by atoms with E-state index in [0.717, 1.165) is 21.3 Å². The highest BCUT2D eigenvalue weighted by atomic mass is 32.1. The van der Waals surface area contributed by atoms with Crippen molar-refractivity contribution in [3.63, 3.8) is 0 Å². The Balaban J connectivity index is 1.72. The van der Waals surface area contributed by atoms with Crippen molar-refractivity contribution in [1.82, 2.24) is 4.98 Å². The predicted octanol–water partition coefficient (Wildman–Crippen LogP) is 5.45. The summed E-state index contributed by atoms with van der Waals surface area (Å²) in [5.41, 5.74) is 2.81. The quantitative estimate of drug-likeness (QED) is 0.401. The van der Waals surface area contributed by atoms with E-state index in [9.17, 15) is 4.79 Å². The van der Waals surface area contributed by atoms with Crippen LogP contribution in [0.25, 0.3) is 16.3 Å². The Labute approximate surface area is 172 Å². The van der Waals surface area contributed by atoms with Gasteiger partial charge >= 0.3 is 0 Å². The molecule has 146 valence electrons. The first-order chi connectivity index (χ1) is 14.2. The zero-order valence-corrected chi connectivity index (χ0v) is 17.0. The van der Waals surface area contributed by atoms with Gasteiger partial charge in [-0.1, -0.05) is 47.7 Å². The smallest absolute Gasteiger partial charge is 0.253 e. The molecule has 0 bridgehead atoms. The minimum Gasteiger partial charge on any atom is -0.494 e. The lowest BCUT2D eigenvalue weighted by Gasteiger charge is -2.16. The van der Waals surface area contributed by atoms with E-state index < -0.39 is 0 Å². The Kier molecular flexibility index (Phi) is 5.44. The van der Waals surface area contributed by atoms with Gasteiger partial charge in [-0.25, -0.2) is 4.98 Å². The molecule has 5 nitrogen and oxygen atoms in total. The second kappa shape index (κ2) is 8.32. The summed E-state index contributed by atoms with van der Waals surface area (Å²) < 4.78 is 11.9. The Morgan fingerprint density at radius 3 is 2.72 bits per heavy atom. The molecule has 4 aromatic rings. The number of carbonyl (C=O) groups is 1. The van der Waals surface area contributed by atoms with Crippen molar-refractivity contribution in [3.05, 3.63) is 83.8 Å². The molecule has 2 heterocycles. The summed E-state index contributed by atoms with van der Waals surface area (Å²) in [6.45, 7) is 2.32. The van der Waals surface area contributed by atoms with Gasteiger partial charge in [0.05, 0.1) is 24.6 Å². The highest BCUT2D eigenvalue weighted by Gasteiger charge is 2.21. The molecule has 2 aromatic carbocycles. The number of hydrogen-bond acceptors (Lipinski definition) is 5. The van der Waals surface area contributed by atoms with Gasteiger partial charge in [0.2, 0.25) is 0 Å². The largest absolute Gasteiger partial charge is 0.494 e. The van der Waals surface area contributed by atoms with Gasteiger partial charge in [-0.15, -0.1) is 0 Å². The predicted molar refractivity (Wildman–Crippen MR) is 116 cm³/mol. The summed E-state index contributed by atoms with van der Waals surface area (Å²) in [4.78, 5) is 19.4. The molecule has 2 aromatic heterocycles. The number of aryl methyl sites for hydroxylation is 1. The van der Waals surface area contributed by atoms with Crippen molar-refractivity contribution in [2.75, 3.05) is 12.0 Å². The maximum absolute atomic E-state index is 13.1. The van der Waals surface area contributed by atoms with Crippen molar-refractivity contribution in [3.8, 4) is 5.75 Å². The lowest BCUT2D eigenvalue weighted by molar-refractivity contribution is -0.114. The second-order valence-corrected chi connectivity index (χ2v) is 7.48. The fourth-order valence-electron chi connectivity index (χ4n) is 3.00. The summed E-state index contributed by atoms with van der Waals surface area (Å²) in [6.07, 6.45) is 4.97. The lowest BCUT2D eigenvalue weighted by Crippen LogP contribution is -2.28. The van der Waals surface area contributed by atoms with Crippen LogP contribution >= 0.6 is 11.3 Å². The SMILES string of the molecule is COc1ccc(C)c2sc(N(Cc3ccco3)C(=O)/C=C/c3ccccc3)nc12. The van der Waals surface area contributed by atoms with Gasteiger partial charge in [0.1, 0.15) is 17.0 Å². The minimum absolute atomic E-state index is 0.166. The molecular formula is C23H20N2O3S. The minimum atomic E-state index is -0.166. The van der Waals surface area contributed by atoms with Crippen LogP contribution in [0.5, 0.6) is 5.75 Å². The molecule has 0 aliphatic heterocycles. The van der Waals surface area contributed by atoms with Crippen LogP contribution in [-0.4, -0.2) is 18.0 Å². The first-order valence-corrected chi connectivity index (χ1v) is 9.98. The third kappa shape index (κ3) is 4.07. The van der Waals surface area contributed by atoms with E-state index in [-0.39, 0.29) is 5.91 Å². The van der Waals surface area contributed by atoms with Gasteiger partial charge in [-0.3, -0.25) is 9.69 Å². The summed E-state index contributed by atoms with van der Waals surface area (Å²) in [7, 11) is 1.62. The number of fused-ring (bicyclic) bond motifs is 1. The summed E-state index contributed by atoms with van der Waals surface area (Å²) >= 11 is 1.47. The van der Waals surface area contributed by atoms with Gasteiger partial charge in [0.15, 0.2) is 5.13 Å². The molecule has 0 fully saturated rings. The molecule has 0 unspecified atom stereocenters. The number of hydrogen-bond donors (Lipinski definition) is 0. The zero-order chi connectivity index (χ0) is 20.2. The number of rotatable bonds is 6. The molecule has 0 aliphatic carbocycles. The van der Waals surface area contributed by atoms with E-state index in [2.05, 4.69) is 0 Å². The molecule has 0 saturated carbocycles. The fourth-order valence-corrected chi connectivity index (χ4v) is 4.05. The molecule has 0 atom stereocenters. The maximum atomic E-state index is 13.1. The van der Waals surface area contributed by atoms with Gasteiger partial charge in [-0.2, -0.15) is 0 Å². The van der Waals surface area contributed by atoms with Crippen molar-refractivity contribution in [1.29, 1.82) is 0 Å². The second-order valence-electron chi connectivity index (χ2n) is 6.51. The number of anilines is 1. The van der Waals surface area contributed by atoms with Crippen LogP contribution in [0.1, 0.15) is 16.9 Å². The molecule has 0 N–H and O–H groups in total. The lowest BCUT2D eigenvalue weighted by atomic mass is 10.2. The first-order valence-electron chi connectivity index (χ1n) is 9.17. The number of methoxy groups -OCH3 is 1. The topological polar surface area (TPSA) is 55.6 Å². The fraction of sp³-hybridized carbons (Fsp3) is 0.130. The summed E-state index contributed by atoms with van der Waals surface area (Å²) in [6, 6.07) is 17.3. The van der Waals surface area contributed by atoms with E-state index in [1.165, 1.54) is 11.3 Å². The van der Waals surface area contributed by atoms with Crippen molar-refractivity contribution in [2.24, 2.45) is 0 Å². The monoisotopic (exact) mass is 404 g/mol. The van der Waals surface area contributed by atoms with Crippen LogP contribution in [-0.2, 0) is 11.3 Å². The third-order valence-corrected chi connectivity index (χ3v) is 5.73. The highest BCUT2D eigenvalue weighted by Crippen LogP contribution is 2.37. The molecule has 0 aliphatic rings. The van der Waals surface area contributed by atoms with Crippen molar-refractivity contribution in [2.45, 2.75) is 13.5 Å². The molecule has 0 spiro atoms. The molecular weight excluding hydrogens is 384 g/mol. The van der Waals surface area contributed by atoms with E-state index in [0.29, 0.717) is 23.2 Å². The van der Waals surface area contributed by atoms with Crippen LogP contribution < -0.4 is 9.64 Å². The molecule has 4 rings (SSSR count). The highest BCUT2D eigenvalue weighted by molar-refractivity contribution is 7.22. The third-order valence-electron chi connectivity index (χ3n) is 4.52. The number of furan rings is 1. The van der Waals surface area contributed by atoms with Crippen molar-refractivity contribution >= 4 is 38.7 Å². The summed E-state index contributed by atoms with van der Waals surface area (Å²) in [5, 5.41) is 0.603. The Hall–Kier alpha value is -3.38. The summed E-state index contributed by atoms with van der Waals surface area (Å²) in [5.74, 6) is 1.22. The van der Waals surface area contributed by atoms with Crippen LogP contribution in [0.2, 0.25) is 0 Å². The molecule has 6 heteroatoms. The van der Waals surface area contributed by atoms with Crippen LogP contribution in [0.3, 0.4) is 0 Å². The number of thiazole rings is 1. The first kappa shape index (κ1) is 19.0. The normalized spacial score (nSPS) is 11.2. The standard InChI is InChI=1S/C23H20N2O3S/c1-16-10-12-19(27-2)21-22(16)29-23(24-21)25(15-18-9-6-14-28-18)20(26)13-11-17-7-4-3-5-8-17/h3-14H,15H2,1-2H3/b13-11+. The Morgan fingerprint density at radius 2 is 2.00 bits per heavy atom. The zero-order valence-electron chi connectivity index (χ0n) is 16.2. The molecule has 1 amide bonds. The van der Waals surface area contributed by atoms with E-state index in [4.69, 9.17) is 14.1 Å². The van der Waals surface area contributed by atoms with E-state index in [1.54, 1.807) is 30.4 Å².